The Labute approximate surface area is 152 Å². The number of nitrogens with one attached hydrogen (secondary N) is 2. The number of rotatable bonds is 4. The van der Waals surface area contributed by atoms with Crippen molar-refractivity contribution in [3.63, 3.8) is 0 Å². The number of nitrogens with zero attached hydrogens (tertiary/aromatic N) is 2. The lowest BCUT2D eigenvalue weighted by atomic mass is 10.1. The Morgan fingerprint density at radius 2 is 1.69 bits per heavy atom. The summed E-state index contributed by atoms with van der Waals surface area (Å²) in [5, 5.41) is 5.75. The number of para-hydroxylation sites is 1. The molecule has 2 amide bonds. The van der Waals surface area contributed by atoms with Crippen LogP contribution >= 0.6 is 0 Å². The molecular formula is C20H22N4O2. The van der Waals surface area contributed by atoms with Crippen LogP contribution in [0.5, 0.6) is 0 Å². The fourth-order valence-corrected chi connectivity index (χ4v) is 2.88. The van der Waals surface area contributed by atoms with E-state index in [0.29, 0.717) is 5.52 Å². The molecule has 3 aromatic rings. The third kappa shape index (κ3) is 3.31. The zero-order chi connectivity index (χ0) is 18.8. The molecule has 2 N–H and O–H groups in total. The van der Waals surface area contributed by atoms with Gasteiger partial charge in [-0.1, -0.05) is 24.3 Å². The normalized spacial score (nSPS) is 11.0. The van der Waals surface area contributed by atoms with Gasteiger partial charge in [-0.2, -0.15) is 0 Å². The summed E-state index contributed by atoms with van der Waals surface area (Å²) in [6.07, 6.45) is 1.73. The van der Waals surface area contributed by atoms with Crippen molar-refractivity contribution in [2.24, 2.45) is 0 Å². The molecule has 2 heterocycles. The summed E-state index contributed by atoms with van der Waals surface area (Å²) in [4.78, 5) is 29.7. The van der Waals surface area contributed by atoms with Crippen LogP contribution in [-0.2, 0) is 0 Å². The smallest absolute Gasteiger partial charge is 0.292 e. The Balaban J connectivity index is 2.02. The number of amides is 2. The van der Waals surface area contributed by atoms with Crippen molar-refractivity contribution in [2.45, 2.75) is 33.7 Å². The summed E-state index contributed by atoms with van der Waals surface area (Å²) >= 11 is 0. The fourth-order valence-electron chi connectivity index (χ4n) is 2.88. The highest BCUT2D eigenvalue weighted by molar-refractivity contribution is 6.06. The molecule has 0 aliphatic rings. The molecule has 0 aliphatic carbocycles. The number of hydrogen-bond donors (Lipinski definition) is 2. The van der Waals surface area contributed by atoms with Gasteiger partial charge in [-0.3, -0.25) is 14.0 Å². The topological polar surface area (TPSA) is 75.5 Å². The van der Waals surface area contributed by atoms with E-state index in [1.165, 1.54) is 0 Å². The molecule has 0 bridgehead atoms. The molecule has 3 rings (SSSR count). The predicted octanol–water partition coefficient (Wildman–Crippen LogP) is 3.34. The number of benzene rings is 1. The van der Waals surface area contributed by atoms with Gasteiger partial charge in [0.2, 0.25) is 5.82 Å². The summed E-state index contributed by atoms with van der Waals surface area (Å²) in [5.74, 6) is -0.473. The van der Waals surface area contributed by atoms with E-state index >= 15 is 0 Å². The average Bonchev–Trinajstić information content (AvgIpc) is 2.97. The molecule has 0 atom stereocenters. The van der Waals surface area contributed by atoms with E-state index < -0.39 is 0 Å². The maximum Gasteiger partial charge on any atom is 0.292 e. The second-order valence-corrected chi connectivity index (χ2v) is 6.59. The quantitative estimate of drug-likeness (QED) is 0.758. The number of anilines is 1. The van der Waals surface area contributed by atoms with Crippen LogP contribution in [0.3, 0.4) is 0 Å². The van der Waals surface area contributed by atoms with Crippen molar-refractivity contribution in [1.82, 2.24) is 14.7 Å². The molecule has 6 nitrogen and oxygen atoms in total. The first-order chi connectivity index (χ1) is 12.4. The molecule has 0 fully saturated rings. The van der Waals surface area contributed by atoms with Crippen LogP contribution in [0.25, 0.3) is 5.52 Å². The number of aromatic nitrogens is 2. The van der Waals surface area contributed by atoms with E-state index in [-0.39, 0.29) is 29.4 Å². The molecule has 0 radical (unpaired) electrons. The van der Waals surface area contributed by atoms with E-state index in [1.807, 2.05) is 52.0 Å². The Morgan fingerprint density at radius 1 is 1.00 bits per heavy atom. The van der Waals surface area contributed by atoms with Crippen molar-refractivity contribution in [3.05, 3.63) is 65.2 Å². The standard InChI is InChI=1S/C20H22N4O2/c1-12(2)21-19(25)17-15-10-5-6-11-24(15)18(22-17)20(26)23-16-13(3)8-7-9-14(16)4/h5-12H,1-4H3,(H,21,25)(H,23,26). The highest BCUT2D eigenvalue weighted by atomic mass is 16.2. The second kappa shape index (κ2) is 7.00. The Bertz CT molecular complexity index is 968. The first kappa shape index (κ1) is 17.7. The summed E-state index contributed by atoms with van der Waals surface area (Å²) < 4.78 is 1.64. The SMILES string of the molecule is Cc1cccc(C)c1NC(=O)c1nc(C(=O)NC(C)C)c2ccccn12. The van der Waals surface area contributed by atoms with Crippen LogP contribution < -0.4 is 10.6 Å². The summed E-state index contributed by atoms with van der Waals surface area (Å²) in [5.41, 5.74) is 3.54. The molecule has 0 saturated heterocycles. The molecule has 2 aromatic heterocycles. The van der Waals surface area contributed by atoms with Crippen molar-refractivity contribution in [3.8, 4) is 0 Å². The zero-order valence-electron chi connectivity index (χ0n) is 15.3. The van der Waals surface area contributed by atoms with Crippen LogP contribution in [-0.4, -0.2) is 27.2 Å². The van der Waals surface area contributed by atoms with Gasteiger partial charge in [0.15, 0.2) is 5.69 Å². The van der Waals surface area contributed by atoms with Gasteiger partial charge in [-0.25, -0.2) is 4.98 Å². The number of hydrogen-bond acceptors (Lipinski definition) is 3. The van der Waals surface area contributed by atoms with Gasteiger partial charge >= 0.3 is 0 Å². The number of carbonyl (C=O) groups excluding carboxylic acids is 2. The number of aryl methyl sites for hydroxylation is 2. The van der Waals surface area contributed by atoms with E-state index in [1.54, 1.807) is 22.7 Å². The molecule has 1 aromatic carbocycles. The third-order valence-electron chi connectivity index (χ3n) is 4.11. The Morgan fingerprint density at radius 3 is 2.35 bits per heavy atom. The molecular weight excluding hydrogens is 328 g/mol. The van der Waals surface area contributed by atoms with Crippen LogP contribution in [0.1, 0.15) is 46.1 Å². The first-order valence-corrected chi connectivity index (χ1v) is 8.54. The van der Waals surface area contributed by atoms with E-state index in [2.05, 4.69) is 15.6 Å². The Hall–Kier alpha value is -3.15. The van der Waals surface area contributed by atoms with Crippen molar-refractivity contribution < 1.29 is 9.59 Å². The van der Waals surface area contributed by atoms with Crippen LogP contribution in [0, 0.1) is 13.8 Å². The second-order valence-electron chi connectivity index (χ2n) is 6.59. The summed E-state index contributed by atoms with van der Waals surface area (Å²) in [7, 11) is 0. The average molecular weight is 350 g/mol. The maximum atomic E-state index is 12.9. The van der Waals surface area contributed by atoms with E-state index in [9.17, 15) is 9.59 Å². The number of carbonyl (C=O) groups is 2. The van der Waals surface area contributed by atoms with Gasteiger partial charge in [0.05, 0.1) is 5.52 Å². The van der Waals surface area contributed by atoms with Gasteiger partial charge < -0.3 is 10.6 Å². The van der Waals surface area contributed by atoms with Gasteiger partial charge in [0, 0.05) is 17.9 Å². The van der Waals surface area contributed by atoms with Crippen LogP contribution in [0.2, 0.25) is 0 Å². The van der Waals surface area contributed by atoms with Crippen LogP contribution in [0.4, 0.5) is 5.69 Å². The molecule has 0 aliphatic heterocycles. The minimum Gasteiger partial charge on any atom is -0.348 e. The van der Waals surface area contributed by atoms with Crippen molar-refractivity contribution in [2.75, 3.05) is 5.32 Å². The largest absolute Gasteiger partial charge is 0.348 e. The van der Waals surface area contributed by atoms with Gasteiger partial charge in [-0.15, -0.1) is 0 Å². The van der Waals surface area contributed by atoms with Gasteiger partial charge in [0.1, 0.15) is 0 Å². The lowest BCUT2D eigenvalue weighted by Gasteiger charge is -2.10. The number of pyridine rings is 1. The monoisotopic (exact) mass is 350 g/mol. The first-order valence-electron chi connectivity index (χ1n) is 8.54. The molecule has 0 saturated carbocycles. The van der Waals surface area contributed by atoms with Gasteiger partial charge in [-0.05, 0) is 51.0 Å². The minimum absolute atomic E-state index is 0.0187. The molecule has 134 valence electrons. The molecule has 0 spiro atoms. The molecule has 6 heteroatoms. The van der Waals surface area contributed by atoms with Gasteiger partial charge in [0.25, 0.3) is 11.8 Å². The zero-order valence-corrected chi connectivity index (χ0v) is 15.3. The highest BCUT2D eigenvalue weighted by Crippen LogP contribution is 2.21. The number of imidazole rings is 1. The van der Waals surface area contributed by atoms with Crippen molar-refractivity contribution in [1.29, 1.82) is 0 Å². The minimum atomic E-state index is -0.354. The predicted molar refractivity (Wildman–Crippen MR) is 102 cm³/mol. The number of fused-ring (bicyclic) bond motifs is 1. The lowest BCUT2D eigenvalue weighted by molar-refractivity contribution is 0.0940. The van der Waals surface area contributed by atoms with E-state index in [0.717, 1.165) is 16.8 Å². The third-order valence-corrected chi connectivity index (χ3v) is 4.11. The fraction of sp³-hybridized carbons (Fsp3) is 0.250. The lowest BCUT2D eigenvalue weighted by Crippen LogP contribution is -2.30. The Kier molecular flexibility index (Phi) is 4.75. The molecule has 26 heavy (non-hydrogen) atoms. The van der Waals surface area contributed by atoms with Crippen LogP contribution in [0.15, 0.2) is 42.6 Å². The molecule has 0 unspecified atom stereocenters. The summed E-state index contributed by atoms with van der Waals surface area (Å²) in [6.45, 7) is 7.64. The maximum absolute atomic E-state index is 12.9. The highest BCUT2D eigenvalue weighted by Gasteiger charge is 2.22. The van der Waals surface area contributed by atoms with E-state index in [4.69, 9.17) is 0 Å². The summed E-state index contributed by atoms with van der Waals surface area (Å²) in [6, 6.07) is 11.2. The van der Waals surface area contributed by atoms with Crippen molar-refractivity contribution >= 4 is 23.0 Å².